The summed E-state index contributed by atoms with van der Waals surface area (Å²) >= 11 is 0. The smallest absolute Gasteiger partial charge is 0.116 e. The number of benzene rings is 1. The number of hydrogen-bond acceptors (Lipinski definition) is 2. The molecule has 5 aliphatic rings. The van der Waals surface area contributed by atoms with E-state index in [2.05, 4.69) is 22.5 Å². The Bertz CT molecular complexity index is 849. The van der Waals surface area contributed by atoms with Gasteiger partial charge < -0.3 is 9.67 Å². The van der Waals surface area contributed by atoms with Gasteiger partial charge in [-0.05, 0) is 67.7 Å². The number of phenolic OH excluding ortho intramolecular Hbond substituents is 1. The summed E-state index contributed by atoms with van der Waals surface area (Å²) in [6, 6.07) is 7.56. The van der Waals surface area contributed by atoms with E-state index in [0.717, 1.165) is 24.3 Å². The molecule has 132 valence electrons. The zero-order valence-corrected chi connectivity index (χ0v) is 15.1. The van der Waals surface area contributed by atoms with Crippen LogP contribution in [0.3, 0.4) is 0 Å². The van der Waals surface area contributed by atoms with E-state index in [1.165, 1.54) is 56.1 Å². The number of nitrogens with zero attached hydrogens (tertiary/aromatic N) is 2. The number of rotatable bonds is 2. The van der Waals surface area contributed by atoms with Crippen LogP contribution < -0.4 is 0 Å². The van der Waals surface area contributed by atoms with Crippen molar-refractivity contribution in [1.82, 2.24) is 9.47 Å². The van der Waals surface area contributed by atoms with Crippen LogP contribution in [-0.2, 0) is 6.42 Å². The van der Waals surface area contributed by atoms with Gasteiger partial charge in [-0.1, -0.05) is 13.3 Å². The van der Waals surface area contributed by atoms with Crippen molar-refractivity contribution in [2.45, 2.75) is 63.5 Å². The SMILES string of the molecule is CCC1CC2CC3c4c(c5cc(O)ccc5n4C4CC4)CCN(C2)C13. The summed E-state index contributed by atoms with van der Waals surface area (Å²) in [5, 5.41) is 11.5. The molecule has 2 saturated heterocycles. The molecule has 2 aliphatic carbocycles. The van der Waals surface area contributed by atoms with Crippen molar-refractivity contribution in [2.75, 3.05) is 13.1 Å². The molecule has 3 nitrogen and oxygen atoms in total. The highest BCUT2D eigenvalue weighted by Crippen LogP contribution is 2.54. The van der Waals surface area contributed by atoms with Crippen molar-refractivity contribution >= 4 is 10.9 Å². The highest BCUT2D eigenvalue weighted by molar-refractivity contribution is 5.87. The van der Waals surface area contributed by atoms with Crippen molar-refractivity contribution in [1.29, 1.82) is 0 Å². The highest BCUT2D eigenvalue weighted by Gasteiger charge is 2.50. The lowest BCUT2D eigenvalue weighted by Gasteiger charge is -2.53. The minimum absolute atomic E-state index is 0.420. The number of aromatic hydroxyl groups is 1. The lowest BCUT2D eigenvalue weighted by atomic mass is 9.65. The third-order valence-corrected chi connectivity index (χ3v) is 7.60. The second kappa shape index (κ2) is 5.03. The van der Waals surface area contributed by atoms with Gasteiger partial charge in [-0.2, -0.15) is 0 Å². The van der Waals surface area contributed by atoms with Crippen molar-refractivity contribution in [3.8, 4) is 5.75 Å². The van der Waals surface area contributed by atoms with Crippen molar-refractivity contribution < 1.29 is 5.11 Å². The summed E-state index contributed by atoms with van der Waals surface area (Å²) in [6.45, 7) is 4.93. The molecule has 2 aromatic rings. The maximum Gasteiger partial charge on any atom is 0.116 e. The Morgan fingerprint density at radius 3 is 2.88 bits per heavy atom. The fourth-order valence-electron chi connectivity index (χ4n) is 6.60. The van der Waals surface area contributed by atoms with Gasteiger partial charge in [0.2, 0.25) is 0 Å². The van der Waals surface area contributed by atoms with Crippen LogP contribution in [0.4, 0.5) is 0 Å². The lowest BCUT2D eigenvalue weighted by Crippen LogP contribution is -2.56. The van der Waals surface area contributed by atoms with Crippen molar-refractivity contribution in [3.05, 3.63) is 29.5 Å². The van der Waals surface area contributed by atoms with E-state index in [1.54, 1.807) is 11.3 Å². The van der Waals surface area contributed by atoms with Crippen molar-refractivity contribution in [3.63, 3.8) is 0 Å². The second-order valence-electron chi connectivity index (χ2n) is 9.01. The van der Waals surface area contributed by atoms with Gasteiger partial charge in [0, 0.05) is 47.7 Å². The van der Waals surface area contributed by atoms with E-state index in [-0.39, 0.29) is 0 Å². The molecule has 1 aromatic heterocycles. The summed E-state index contributed by atoms with van der Waals surface area (Å²) in [7, 11) is 0. The lowest BCUT2D eigenvalue weighted by molar-refractivity contribution is -0.0142. The molecule has 0 spiro atoms. The normalized spacial score (nSPS) is 36.4. The monoisotopic (exact) mass is 336 g/mol. The minimum atomic E-state index is 0.420. The van der Waals surface area contributed by atoms with Gasteiger partial charge in [0.15, 0.2) is 0 Å². The average molecular weight is 336 g/mol. The largest absolute Gasteiger partial charge is 0.508 e. The Kier molecular flexibility index (Phi) is 2.95. The summed E-state index contributed by atoms with van der Waals surface area (Å²) in [5.41, 5.74) is 4.61. The number of hydrogen-bond donors (Lipinski definition) is 1. The Morgan fingerprint density at radius 2 is 2.08 bits per heavy atom. The van der Waals surface area contributed by atoms with Gasteiger partial charge in [0.25, 0.3) is 0 Å². The van der Waals surface area contributed by atoms with E-state index in [1.807, 2.05) is 12.1 Å². The second-order valence-corrected chi connectivity index (χ2v) is 9.01. The summed E-state index contributed by atoms with van der Waals surface area (Å²) in [4.78, 5) is 2.84. The average Bonchev–Trinajstić information content (AvgIpc) is 3.42. The molecule has 3 heteroatoms. The van der Waals surface area contributed by atoms with Gasteiger partial charge in [-0.25, -0.2) is 0 Å². The molecule has 4 fully saturated rings. The van der Waals surface area contributed by atoms with Crippen LogP contribution >= 0.6 is 0 Å². The first-order valence-corrected chi connectivity index (χ1v) is 10.3. The molecule has 5 unspecified atom stereocenters. The van der Waals surface area contributed by atoms with Crippen LogP contribution in [0.5, 0.6) is 5.75 Å². The molecule has 5 atom stereocenters. The van der Waals surface area contributed by atoms with Gasteiger partial charge in [0.05, 0.1) is 0 Å². The maximum atomic E-state index is 10.1. The molecule has 0 radical (unpaired) electrons. The Morgan fingerprint density at radius 1 is 1.20 bits per heavy atom. The predicted octanol–water partition coefficient (Wildman–Crippen LogP) is 4.44. The predicted molar refractivity (Wildman–Crippen MR) is 100 cm³/mol. The van der Waals surface area contributed by atoms with Gasteiger partial charge in [0.1, 0.15) is 5.75 Å². The Hall–Kier alpha value is -1.48. The van der Waals surface area contributed by atoms with Crippen LogP contribution in [0.2, 0.25) is 0 Å². The first-order valence-electron chi connectivity index (χ1n) is 10.3. The Labute approximate surface area is 149 Å². The van der Waals surface area contributed by atoms with E-state index in [0.29, 0.717) is 17.7 Å². The third kappa shape index (κ3) is 1.96. The van der Waals surface area contributed by atoms with E-state index in [9.17, 15) is 5.11 Å². The van der Waals surface area contributed by atoms with Crippen LogP contribution in [0, 0.1) is 11.8 Å². The zero-order valence-electron chi connectivity index (χ0n) is 15.1. The molecule has 0 amide bonds. The first-order chi connectivity index (χ1) is 12.2. The van der Waals surface area contributed by atoms with Crippen molar-refractivity contribution in [2.24, 2.45) is 11.8 Å². The Balaban J connectivity index is 1.61. The molecule has 1 aromatic carbocycles. The quantitative estimate of drug-likeness (QED) is 0.878. The topological polar surface area (TPSA) is 28.4 Å². The highest BCUT2D eigenvalue weighted by atomic mass is 16.3. The molecule has 7 rings (SSSR count). The van der Waals surface area contributed by atoms with Crippen LogP contribution in [0.1, 0.15) is 62.2 Å². The zero-order chi connectivity index (χ0) is 16.7. The molecule has 4 heterocycles. The van der Waals surface area contributed by atoms with Crippen LogP contribution in [0.25, 0.3) is 10.9 Å². The number of piperidine rings is 2. The summed E-state index contributed by atoms with van der Waals surface area (Å²) in [5.74, 6) is 2.90. The molecular formula is C22H28N2O. The van der Waals surface area contributed by atoms with Gasteiger partial charge in [-0.15, -0.1) is 0 Å². The standard InChI is InChI=1S/C22H28N2O/c1-2-14-9-13-10-19-21(14)23(12-13)8-7-17-18-11-16(25)5-6-20(18)24(22(17)19)15-3-4-15/h5-6,11,13-15,19,21,25H,2-4,7-10,12H2,1H3. The third-order valence-electron chi connectivity index (χ3n) is 7.60. The summed E-state index contributed by atoms with van der Waals surface area (Å²) in [6.07, 6.45) is 7.99. The maximum absolute atomic E-state index is 10.1. The first kappa shape index (κ1) is 14.7. The summed E-state index contributed by atoms with van der Waals surface area (Å²) < 4.78 is 2.71. The van der Waals surface area contributed by atoms with Crippen LogP contribution in [0.15, 0.2) is 18.2 Å². The molecule has 1 N–H and O–H groups in total. The fraction of sp³-hybridized carbons (Fsp3) is 0.636. The molecule has 2 saturated carbocycles. The van der Waals surface area contributed by atoms with Crippen LogP contribution in [-0.4, -0.2) is 33.7 Å². The van der Waals surface area contributed by atoms with Gasteiger partial charge in [-0.3, -0.25) is 4.90 Å². The molecule has 3 aliphatic heterocycles. The molecular weight excluding hydrogens is 308 g/mol. The number of aromatic nitrogens is 1. The number of phenols is 1. The fourth-order valence-corrected chi connectivity index (χ4v) is 6.60. The van der Waals surface area contributed by atoms with E-state index in [4.69, 9.17) is 0 Å². The van der Waals surface area contributed by atoms with E-state index < -0.39 is 0 Å². The minimum Gasteiger partial charge on any atom is -0.508 e. The molecule has 4 bridgehead atoms. The molecule has 25 heavy (non-hydrogen) atoms. The van der Waals surface area contributed by atoms with E-state index >= 15 is 0 Å². The number of fused-ring (bicyclic) bond motifs is 4. The van der Waals surface area contributed by atoms with Gasteiger partial charge >= 0.3 is 0 Å².